The lowest BCUT2D eigenvalue weighted by Gasteiger charge is -2.26. The van der Waals surface area contributed by atoms with Gasteiger partial charge in [0.05, 0.1) is 30.2 Å². The average Bonchev–Trinajstić information content (AvgIpc) is 3.13. The zero-order valence-electron chi connectivity index (χ0n) is 16.5. The van der Waals surface area contributed by atoms with Crippen molar-refractivity contribution in [1.29, 1.82) is 0 Å². The third-order valence-electron chi connectivity index (χ3n) is 6.09. The van der Waals surface area contributed by atoms with Crippen molar-refractivity contribution in [1.82, 2.24) is 14.7 Å². The Hall–Kier alpha value is -2.29. The van der Waals surface area contributed by atoms with E-state index in [0.29, 0.717) is 30.7 Å². The molecule has 1 aromatic carbocycles. The maximum atomic E-state index is 12.8. The number of aryl methyl sites for hydroxylation is 1. The molecule has 2 aromatic rings. The number of morpholine rings is 1. The van der Waals surface area contributed by atoms with E-state index in [4.69, 9.17) is 10.5 Å². The molecule has 2 atom stereocenters. The fourth-order valence-corrected chi connectivity index (χ4v) is 4.43. The van der Waals surface area contributed by atoms with Crippen LogP contribution < -0.4 is 11.2 Å². The summed E-state index contributed by atoms with van der Waals surface area (Å²) in [5.41, 5.74) is 6.48. The van der Waals surface area contributed by atoms with Crippen LogP contribution >= 0.6 is 0 Å². The van der Waals surface area contributed by atoms with E-state index in [0.717, 1.165) is 50.9 Å². The van der Waals surface area contributed by atoms with Gasteiger partial charge in [-0.05, 0) is 42.9 Å². The van der Waals surface area contributed by atoms with Gasteiger partial charge in [-0.15, -0.1) is 0 Å². The summed E-state index contributed by atoms with van der Waals surface area (Å²) in [6.45, 7) is 4.39. The molecule has 2 fully saturated rings. The van der Waals surface area contributed by atoms with E-state index in [2.05, 4.69) is 10.00 Å². The molecule has 1 aromatic heterocycles. The SMILES string of the molecule is NC(=O)c1nn(CC[C@H]2CCC[C@@H]2O)c2ccc(CN3CCOCC3)cc2c1=O. The molecule has 1 aliphatic carbocycles. The molecule has 0 radical (unpaired) electrons. The van der Waals surface area contributed by atoms with Crippen LogP contribution in [0.15, 0.2) is 23.0 Å². The molecular formula is C21H28N4O4. The number of carbonyl (C=O) groups is 1. The molecule has 29 heavy (non-hydrogen) atoms. The second-order valence-corrected chi connectivity index (χ2v) is 8.05. The highest BCUT2D eigenvalue weighted by molar-refractivity contribution is 5.94. The van der Waals surface area contributed by atoms with Gasteiger partial charge in [0.2, 0.25) is 5.43 Å². The molecule has 8 heteroatoms. The number of rotatable bonds is 6. The third kappa shape index (κ3) is 4.34. The van der Waals surface area contributed by atoms with Crippen molar-refractivity contribution in [2.45, 2.75) is 44.9 Å². The van der Waals surface area contributed by atoms with E-state index in [1.807, 2.05) is 18.2 Å². The number of primary amides is 1. The van der Waals surface area contributed by atoms with Gasteiger partial charge in [0, 0.05) is 26.2 Å². The zero-order chi connectivity index (χ0) is 20.4. The smallest absolute Gasteiger partial charge is 0.273 e. The highest BCUT2D eigenvalue weighted by atomic mass is 16.5. The molecule has 1 saturated carbocycles. The van der Waals surface area contributed by atoms with Gasteiger partial charge in [-0.1, -0.05) is 12.5 Å². The fourth-order valence-electron chi connectivity index (χ4n) is 4.43. The summed E-state index contributed by atoms with van der Waals surface area (Å²) in [7, 11) is 0. The molecule has 2 heterocycles. The standard InChI is InChI=1S/C21H28N4O4/c22-21(28)19-20(27)16-12-14(13-24-8-10-29-11-9-24)4-5-17(16)25(23-19)7-6-15-2-1-3-18(15)26/h4-5,12,15,18,26H,1-3,6-11,13H2,(H2,22,28)/t15-,18+/m1/s1. The minimum atomic E-state index is -0.815. The lowest BCUT2D eigenvalue weighted by molar-refractivity contribution is 0.0342. The molecule has 2 aliphatic rings. The van der Waals surface area contributed by atoms with E-state index in [1.165, 1.54) is 0 Å². The summed E-state index contributed by atoms with van der Waals surface area (Å²) >= 11 is 0. The Morgan fingerprint density at radius 3 is 2.76 bits per heavy atom. The number of benzene rings is 1. The van der Waals surface area contributed by atoms with E-state index < -0.39 is 11.3 Å². The number of nitrogens with two attached hydrogens (primary N) is 1. The van der Waals surface area contributed by atoms with Gasteiger partial charge >= 0.3 is 0 Å². The molecule has 0 spiro atoms. The summed E-state index contributed by atoms with van der Waals surface area (Å²) in [6, 6.07) is 5.75. The van der Waals surface area contributed by atoms with Gasteiger partial charge in [0.25, 0.3) is 5.91 Å². The largest absolute Gasteiger partial charge is 0.393 e. The quantitative estimate of drug-likeness (QED) is 0.745. The Balaban J connectivity index is 1.66. The van der Waals surface area contributed by atoms with Crippen LogP contribution in [0.5, 0.6) is 0 Å². The number of aromatic nitrogens is 2. The second kappa shape index (κ2) is 8.61. The van der Waals surface area contributed by atoms with Crippen LogP contribution in [-0.4, -0.2) is 58.1 Å². The summed E-state index contributed by atoms with van der Waals surface area (Å²) in [5.74, 6) is -0.589. The van der Waals surface area contributed by atoms with Crippen molar-refractivity contribution in [3.63, 3.8) is 0 Å². The zero-order valence-corrected chi connectivity index (χ0v) is 16.5. The molecule has 8 nitrogen and oxygen atoms in total. The van der Waals surface area contributed by atoms with E-state index >= 15 is 0 Å². The van der Waals surface area contributed by atoms with Gasteiger partial charge in [-0.3, -0.25) is 19.2 Å². The predicted molar refractivity (Wildman–Crippen MR) is 109 cm³/mol. The second-order valence-electron chi connectivity index (χ2n) is 8.05. The summed E-state index contributed by atoms with van der Waals surface area (Å²) in [4.78, 5) is 26.9. The van der Waals surface area contributed by atoms with Gasteiger partial charge in [0.1, 0.15) is 0 Å². The van der Waals surface area contributed by atoms with Crippen LogP contribution in [0, 0.1) is 5.92 Å². The molecular weight excluding hydrogens is 372 g/mol. The average molecular weight is 400 g/mol. The Morgan fingerprint density at radius 1 is 1.28 bits per heavy atom. The molecule has 3 N–H and O–H groups in total. The fraction of sp³-hybridized carbons (Fsp3) is 0.571. The number of aliphatic hydroxyl groups is 1. The number of aliphatic hydroxyl groups excluding tert-OH is 1. The topological polar surface area (TPSA) is 111 Å². The van der Waals surface area contributed by atoms with E-state index in [1.54, 1.807) is 4.68 Å². The Kier molecular flexibility index (Phi) is 5.94. The maximum Gasteiger partial charge on any atom is 0.273 e. The van der Waals surface area contributed by atoms with Crippen LogP contribution in [0.3, 0.4) is 0 Å². The monoisotopic (exact) mass is 400 g/mol. The lowest BCUT2D eigenvalue weighted by Crippen LogP contribution is -2.35. The number of ether oxygens (including phenoxy) is 1. The van der Waals surface area contributed by atoms with Crippen molar-refractivity contribution in [3.05, 3.63) is 39.7 Å². The first-order valence-electron chi connectivity index (χ1n) is 10.3. The predicted octanol–water partition coefficient (Wildman–Crippen LogP) is 0.879. The van der Waals surface area contributed by atoms with Gasteiger partial charge in [0.15, 0.2) is 5.69 Å². The van der Waals surface area contributed by atoms with Crippen molar-refractivity contribution in [2.75, 3.05) is 26.3 Å². The number of carbonyl (C=O) groups excluding carboxylic acids is 1. The Bertz CT molecular complexity index is 952. The molecule has 1 amide bonds. The van der Waals surface area contributed by atoms with Crippen LogP contribution in [-0.2, 0) is 17.8 Å². The Labute approximate surface area is 169 Å². The first kappa shape index (κ1) is 20.0. The summed E-state index contributed by atoms with van der Waals surface area (Å²) in [6.07, 6.45) is 3.32. The van der Waals surface area contributed by atoms with Gasteiger partial charge < -0.3 is 15.6 Å². The van der Waals surface area contributed by atoms with Gasteiger partial charge in [-0.25, -0.2) is 0 Å². The number of hydrogen-bond acceptors (Lipinski definition) is 6. The van der Waals surface area contributed by atoms with E-state index in [9.17, 15) is 14.7 Å². The van der Waals surface area contributed by atoms with Crippen LogP contribution in [0.25, 0.3) is 10.9 Å². The van der Waals surface area contributed by atoms with Crippen molar-refractivity contribution in [3.8, 4) is 0 Å². The first-order valence-corrected chi connectivity index (χ1v) is 10.3. The first-order chi connectivity index (χ1) is 14.0. The Morgan fingerprint density at radius 2 is 2.07 bits per heavy atom. The third-order valence-corrected chi connectivity index (χ3v) is 6.09. The maximum absolute atomic E-state index is 12.8. The molecule has 0 unspecified atom stereocenters. The van der Waals surface area contributed by atoms with Crippen LogP contribution in [0.2, 0.25) is 0 Å². The lowest BCUT2D eigenvalue weighted by atomic mass is 10.0. The summed E-state index contributed by atoms with van der Waals surface area (Å²) in [5, 5.41) is 14.8. The normalized spacial score (nSPS) is 22.9. The molecule has 156 valence electrons. The highest BCUT2D eigenvalue weighted by Gasteiger charge is 2.25. The van der Waals surface area contributed by atoms with E-state index in [-0.39, 0.29) is 17.7 Å². The number of amides is 1. The minimum Gasteiger partial charge on any atom is -0.393 e. The minimum absolute atomic E-state index is 0.226. The summed E-state index contributed by atoms with van der Waals surface area (Å²) < 4.78 is 7.08. The number of hydrogen-bond donors (Lipinski definition) is 2. The van der Waals surface area contributed by atoms with Crippen molar-refractivity contribution >= 4 is 16.8 Å². The number of nitrogens with zero attached hydrogens (tertiary/aromatic N) is 3. The van der Waals surface area contributed by atoms with Crippen molar-refractivity contribution in [2.24, 2.45) is 11.7 Å². The van der Waals surface area contributed by atoms with Crippen LogP contribution in [0.4, 0.5) is 0 Å². The highest BCUT2D eigenvalue weighted by Crippen LogP contribution is 2.29. The van der Waals surface area contributed by atoms with Crippen molar-refractivity contribution < 1.29 is 14.6 Å². The van der Waals surface area contributed by atoms with Crippen LogP contribution in [0.1, 0.15) is 41.7 Å². The molecule has 4 rings (SSSR count). The van der Waals surface area contributed by atoms with Gasteiger partial charge in [-0.2, -0.15) is 5.10 Å². The molecule has 1 aliphatic heterocycles. The number of fused-ring (bicyclic) bond motifs is 1. The molecule has 1 saturated heterocycles. The molecule has 0 bridgehead atoms.